The van der Waals surface area contributed by atoms with Crippen LogP contribution >= 0.6 is 27.5 Å². The molecule has 0 spiro atoms. The summed E-state index contributed by atoms with van der Waals surface area (Å²) in [5.74, 6) is 0.279. The van der Waals surface area contributed by atoms with Gasteiger partial charge in [0.15, 0.2) is 0 Å². The molecule has 160 valence electrons. The summed E-state index contributed by atoms with van der Waals surface area (Å²) in [5.41, 5.74) is 2.05. The van der Waals surface area contributed by atoms with Crippen LogP contribution in [0.4, 0.5) is 5.69 Å². The Hall–Kier alpha value is -2.90. The fourth-order valence-corrected chi connectivity index (χ4v) is 3.50. The molecule has 0 unspecified atom stereocenters. The quantitative estimate of drug-likeness (QED) is 0.393. The Bertz CT molecular complexity index is 1050. The van der Waals surface area contributed by atoms with Gasteiger partial charge in [-0.2, -0.15) is 0 Å². The minimum Gasteiger partial charge on any atom is -0.492 e. The Labute approximate surface area is 194 Å². The number of amides is 2. The van der Waals surface area contributed by atoms with Gasteiger partial charge in [0.05, 0.1) is 17.2 Å². The van der Waals surface area contributed by atoms with Crippen LogP contribution < -0.4 is 15.4 Å². The highest BCUT2D eigenvalue weighted by atomic mass is 79.9. The molecule has 0 aliphatic rings. The summed E-state index contributed by atoms with van der Waals surface area (Å²) >= 11 is 9.45. The summed E-state index contributed by atoms with van der Waals surface area (Å²) in [7, 11) is 0. The highest BCUT2D eigenvalue weighted by Crippen LogP contribution is 2.27. The SMILES string of the molecule is O=C(CCCOc1ccc(Br)cc1Cl)Nc1cccc(CNC(=O)c2cccnc2)c1. The maximum atomic E-state index is 12.2. The highest BCUT2D eigenvalue weighted by molar-refractivity contribution is 9.10. The second-order valence-electron chi connectivity index (χ2n) is 6.70. The number of halogens is 2. The van der Waals surface area contributed by atoms with Crippen LogP contribution in [0.2, 0.25) is 5.02 Å². The van der Waals surface area contributed by atoms with Gasteiger partial charge in [-0.25, -0.2) is 0 Å². The van der Waals surface area contributed by atoms with Crippen molar-refractivity contribution in [2.24, 2.45) is 0 Å². The van der Waals surface area contributed by atoms with E-state index in [2.05, 4.69) is 31.5 Å². The zero-order valence-electron chi connectivity index (χ0n) is 16.6. The van der Waals surface area contributed by atoms with Gasteiger partial charge in [-0.05, 0) is 54.4 Å². The van der Waals surface area contributed by atoms with Crippen molar-refractivity contribution in [3.8, 4) is 5.75 Å². The number of benzene rings is 2. The van der Waals surface area contributed by atoms with Gasteiger partial charge in [-0.1, -0.05) is 39.7 Å². The van der Waals surface area contributed by atoms with Crippen LogP contribution in [-0.2, 0) is 11.3 Å². The number of ether oxygens (including phenoxy) is 1. The molecule has 31 heavy (non-hydrogen) atoms. The van der Waals surface area contributed by atoms with Crippen LogP contribution in [-0.4, -0.2) is 23.4 Å². The largest absolute Gasteiger partial charge is 0.492 e. The van der Waals surface area contributed by atoms with Crippen molar-refractivity contribution in [1.29, 1.82) is 0 Å². The number of anilines is 1. The normalized spacial score (nSPS) is 10.4. The lowest BCUT2D eigenvalue weighted by Gasteiger charge is -2.10. The van der Waals surface area contributed by atoms with Crippen LogP contribution in [0, 0.1) is 0 Å². The molecule has 0 aliphatic carbocycles. The first-order chi connectivity index (χ1) is 15.0. The molecule has 8 heteroatoms. The van der Waals surface area contributed by atoms with Crippen molar-refractivity contribution >= 4 is 45.0 Å². The predicted octanol–water partition coefficient (Wildman–Crippen LogP) is 5.23. The third-order valence-corrected chi connectivity index (χ3v) is 5.08. The van der Waals surface area contributed by atoms with Crippen molar-refractivity contribution < 1.29 is 14.3 Å². The third-order valence-electron chi connectivity index (χ3n) is 4.29. The molecular weight excluding hydrogens is 482 g/mol. The number of rotatable bonds is 9. The Kier molecular flexibility index (Phi) is 8.44. The van der Waals surface area contributed by atoms with E-state index in [4.69, 9.17) is 16.3 Å². The Morgan fingerprint density at radius 2 is 1.97 bits per heavy atom. The molecule has 1 aromatic heterocycles. The first kappa shape index (κ1) is 22.8. The third kappa shape index (κ3) is 7.38. The van der Waals surface area contributed by atoms with E-state index in [0.29, 0.717) is 48.0 Å². The van der Waals surface area contributed by atoms with Gasteiger partial charge in [-0.15, -0.1) is 0 Å². The van der Waals surface area contributed by atoms with E-state index in [1.165, 1.54) is 6.20 Å². The second-order valence-corrected chi connectivity index (χ2v) is 8.02. The standard InChI is InChI=1S/C23H21BrClN3O3/c24-18-8-9-21(20(25)13-18)31-11-3-7-22(29)28-19-6-1-4-16(12-19)14-27-23(30)17-5-2-10-26-15-17/h1-2,4-6,8-10,12-13,15H,3,7,11,14H2,(H,27,30)(H,28,29). The van der Waals surface area contributed by atoms with Gasteiger partial charge in [0.1, 0.15) is 5.75 Å². The molecule has 0 fully saturated rings. The van der Waals surface area contributed by atoms with E-state index < -0.39 is 0 Å². The molecule has 0 saturated carbocycles. The van der Waals surface area contributed by atoms with Crippen LogP contribution in [0.1, 0.15) is 28.8 Å². The Morgan fingerprint density at radius 1 is 1.10 bits per heavy atom. The number of hydrogen-bond acceptors (Lipinski definition) is 4. The highest BCUT2D eigenvalue weighted by Gasteiger charge is 2.07. The van der Waals surface area contributed by atoms with Gasteiger partial charge in [-0.3, -0.25) is 14.6 Å². The number of pyridine rings is 1. The Morgan fingerprint density at radius 3 is 2.74 bits per heavy atom. The Balaban J connectivity index is 1.42. The van der Waals surface area contributed by atoms with Gasteiger partial charge < -0.3 is 15.4 Å². The minimum absolute atomic E-state index is 0.109. The molecule has 0 bridgehead atoms. The second kappa shape index (κ2) is 11.5. The van der Waals surface area contributed by atoms with E-state index in [0.717, 1.165) is 10.0 Å². The van der Waals surface area contributed by atoms with Gasteiger partial charge >= 0.3 is 0 Å². The number of aromatic nitrogens is 1. The van der Waals surface area contributed by atoms with Crippen molar-refractivity contribution in [2.75, 3.05) is 11.9 Å². The molecule has 0 saturated heterocycles. The van der Waals surface area contributed by atoms with Gasteiger partial charge in [0.25, 0.3) is 5.91 Å². The molecular formula is C23H21BrClN3O3. The van der Waals surface area contributed by atoms with Gasteiger partial charge in [0, 0.05) is 35.5 Å². The van der Waals surface area contributed by atoms with Crippen LogP contribution in [0.3, 0.4) is 0 Å². The van der Waals surface area contributed by atoms with Gasteiger partial charge in [0.2, 0.25) is 5.91 Å². The number of carbonyl (C=O) groups excluding carboxylic acids is 2. The number of nitrogens with one attached hydrogen (secondary N) is 2. The number of carbonyl (C=O) groups is 2. The van der Waals surface area contributed by atoms with E-state index in [1.54, 1.807) is 30.5 Å². The molecule has 1 heterocycles. The summed E-state index contributed by atoms with van der Waals surface area (Å²) in [6.45, 7) is 0.731. The lowest BCUT2D eigenvalue weighted by molar-refractivity contribution is -0.116. The fraction of sp³-hybridized carbons (Fsp3) is 0.174. The molecule has 0 radical (unpaired) electrons. The maximum absolute atomic E-state index is 12.2. The summed E-state index contributed by atoms with van der Waals surface area (Å²) in [6, 6.07) is 16.2. The van der Waals surface area contributed by atoms with Crippen molar-refractivity contribution in [3.05, 3.63) is 87.6 Å². The van der Waals surface area contributed by atoms with Crippen molar-refractivity contribution in [1.82, 2.24) is 10.3 Å². The molecule has 3 aromatic rings. The molecule has 3 rings (SSSR count). The number of nitrogens with zero attached hydrogens (tertiary/aromatic N) is 1. The van der Waals surface area contributed by atoms with Crippen LogP contribution in [0.15, 0.2) is 71.5 Å². The molecule has 0 aliphatic heterocycles. The maximum Gasteiger partial charge on any atom is 0.253 e. The average Bonchev–Trinajstić information content (AvgIpc) is 2.77. The first-order valence-electron chi connectivity index (χ1n) is 9.66. The zero-order valence-corrected chi connectivity index (χ0v) is 18.9. The lowest BCUT2D eigenvalue weighted by atomic mass is 10.2. The van der Waals surface area contributed by atoms with E-state index in [-0.39, 0.29) is 11.8 Å². The summed E-state index contributed by atoms with van der Waals surface area (Å²) in [4.78, 5) is 28.3. The van der Waals surface area contributed by atoms with E-state index in [1.807, 2.05) is 30.3 Å². The monoisotopic (exact) mass is 501 g/mol. The van der Waals surface area contributed by atoms with Crippen molar-refractivity contribution in [2.45, 2.75) is 19.4 Å². The summed E-state index contributed by atoms with van der Waals surface area (Å²) in [6.07, 6.45) is 4.00. The minimum atomic E-state index is -0.201. The molecule has 6 nitrogen and oxygen atoms in total. The summed E-state index contributed by atoms with van der Waals surface area (Å²) in [5, 5.41) is 6.23. The van der Waals surface area contributed by atoms with E-state index in [9.17, 15) is 9.59 Å². The lowest BCUT2D eigenvalue weighted by Crippen LogP contribution is -2.23. The first-order valence-corrected chi connectivity index (χ1v) is 10.8. The van der Waals surface area contributed by atoms with Crippen LogP contribution in [0.25, 0.3) is 0 Å². The topological polar surface area (TPSA) is 80.3 Å². The summed E-state index contributed by atoms with van der Waals surface area (Å²) < 4.78 is 6.50. The predicted molar refractivity (Wildman–Crippen MR) is 124 cm³/mol. The molecule has 2 aromatic carbocycles. The number of hydrogen-bond donors (Lipinski definition) is 2. The smallest absolute Gasteiger partial charge is 0.253 e. The molecule has 0 atom stereocenters. The molecule has 2 N–H and O–H groups in total. The molecule has 2 amide bonds. The zero-order chi connectivity index (χ0) is 22.1. The average molecular weight is 503 g/mol. The van der Waals surface area contributed by atoms with Crippen molar-refractivity contribution in [3.63, 3.8) is 0 Å². The fourth-order valence-electron chi connectivity index (χ4n) is 2.77. The van der Waals surface area contributed by atoms with Crippen LogP contribution in [0.5, 0.6) is 5.75 Å². The van der Waals surface area contributed by atoms with E-state index >= 15 is 0 Å².